The Morgan fingerprint density at radius 2 is 1.59 bits per heavy atom. The zero-order valence-electron chi connectivity index (χ0n) is 14.7. The molecule has 0 fully saturated rings. The maximum atomic E-state index is 12.2. The third-order valence-electron chi connectivity index (χ3n) is 3.79. The number of ether oxygens (including phenoxy) is 1. The van der Waals surface area contributed by atoms with Crippen LogP contribution in [-0.4, -0.2) is 17.0 Å². The summed E-state index contributed by atoms with van der Waals surface area (Å²) in [6.07, 6.45) is -0.0198. The number of aromatic hydroxyl groups is 1. The molecule has 1 N–H and O–H groups in total. The van der Waals surface area contributed by atoms with Gasteiger partial charge in [0.2, 0.25) is 0 Å². The van der Waals surface area contributed by atoms with E-state index in [0.717, 1.165) is 22.8 Å². The molecule has 0 saturated carbocycles. The number of esters is 1. The molecule has 27 heavy (non-hydrogen) atoms. The van der Waals surface area contributed by atoms with Crippen molar-refractivity contribution in [2.24, 2.45) is 0 Å². The fourth-order valence-electron chi connectivity index (χ4n) is 2.58. The smallest absolute Gasteiger partial charge is 0.545 e. The number of phenols is 1. The maximum absolute atomic E-state index is 12.2. The zero-order chi connectivity index (χ0) is 18.5. The van der Waals surface area contributed by atoms with Crippen molar-refractivity contribution in [3.8, 4) is 22.6 Å². The molecule has 3 rings (SSSR count). The summed E-state index contributed by atoms with van der Waals surface area (Å²) >= 11 is 0. The Labute approximate surface area is 178 Å². The third-order valence-corrected chi connectivity index (χ3v) is 3.79. The molecule has 0 atom stereocenters. The van der Waals surface area contributed by atoms with Gasteiger partial charge in [-0.25, -0.2) is 0 Å². The van der Waals surface area contributed by atoms with Crippen LogP contribution in [0.25, 0.3) is 11.1 Å². The van der Waals surface area contributed by atoms with Crippen LogP contribution in [-0.2, 0) is 11.2 Å². The molecule has 130 valence electrons. The van der Waals surface area contributed by atoms with Crippen LogP contribution in [0.3, 0.4) is 0 Å². The molecule has 0 bridgehead atoms. The summed E-state index contributed by atoms with van der Waals surface area (Å²) in [5, 5.41) is 20.5. The van der Waals surface area contributed by atoms with Crippen LogP contribution in [0.1, 0.15) is 15.9 Å². The van der Waals surface area contributed by atoms with Crippen LogP contribution in [0.15, 0.2) is 72.8 Å². The molecule has 3 aromatic rings. The molecule has 5 nitrogen and oxygen atoms in total. The van der Waals surface area contributed by atoms with Crippen LogP contribution >= 0.6 is 0 Å². The molecule has 0 amide bonds. The first kappa shape index (κ1) is 20.7. The van der Waals surface area contributed by atoms with Gasteiger partial charge in [-0.1, -0.05) is 54.6 Å². The number of carboxylic acids is 1. The molecule has 0 radical (unpaired) electrons. The van der Waals surface area contributed by atoms with Gasteiger partial charge < -0.3 is 19.7 Å². The minimum atomic E-state index is -1.53. The number of benzene rings is 3. The molecule has 0 aliphatic carbocycles. The number of carbonyl (C=O) groups is 2. The summed E-state index contributed by atoms with van der Waals surface area (Å²) < 4.78 is 5.14. The van der Waals surface area contributed by atoms with E-state index < -0.39 is 11.9 Å². The largest absolute Gasteiger partial charge is 1.00 e. The number of hydrogen-bond donors (Lipinski definition) is 1. The van der Waals surface area contributed by atoms with Gasteiger partial charge in [0.25, 0.3) is 0 Å². The summed E-state index contributed by atoms with van der Waals surface area (Å²) in [5.41, 5.74) is 2.36. The Morgan fingerprint density at radius 3 is 2.30 bits per heavy atom. The second-order valence-corrected chi connectivity index (χ2v) is 5.69. The topological polar surface area (TPSA) is 86.7 Å². The van der Waals surface area contributed by atoms with Crippen LogP contribution in [0.2, 0.25) is 0 Å². The van der Waals surface area contributed by atoms with E-state index in [1.165, 1.54) is 12.1 Å². The van der Waals surface area contributed by atoms with Gasteiger partial charge in [-0.3, -0.25) is 4.79 Å². The molecular weight excluding hydrogens is 355 g/mol. The van der Waals surface area contributed by atoms with E-state index in [9.17, 15) is 19.8 Å². The molecule has 0 heterocycles. The molecule has 0 spiro atoms. The monoisotopic (exact) mass is 370 g/mol. The number of aromatic carboxylic acids is 1. The molecule has 0 unspecified atom stereocenters. The second kappa shape index (κ2) is 9.37. The Bertz CT molecular complexity index is 954. The standard InChI is InChI=1S/C21H16O5.Na/c22-17-9-10-19(18(13-17)21(24)25)26-20(23)12-14-5-4-8-16(11-14)15-6-2-1-3-7-15;/h1-11,13,22H,12H2,(H,24,25);/q;+1/p-1. The molecule has 0 saturated heterocycles. The summed E-state index contributed by atoms with van der Waals surface area (Å²) in [7, 11) is 0. The Hall–Kier alpha value is -2.60. The Balaban J connectivity index is 0.00000261. The second-order valence-electron chi connectivity index (χ2n) is 5.69. The average Bonchev–Trinajstić information content (AvgIpc) is 2.64. The zero-order valence-corrected chi connectivity index (χ0v) is 16.7. The van der Waals surface area contributed by atoms with Crippen molar-refractivity contribution in [2.75, 3.05) is 0 Å². The van der Waals surface area contributed by atoms with E-state index in [1.807, 2.05) is 48.5 Å². The number of phenolic OH excluding ortho intramolecular Hbond substituents is 1. The molecular formula is C21H15NaO5. The van der Waals surface area contributed by atoms with E-state index in [1.54, 1.807) is 6.07 Å². The Kier molecular flexibility index (Phi) is 7.19. The number of hydrogen-bond acceptors (Lipinski definition) is 5. The van der Waals surface area contributed by atoms with Crippen molar-refractivity contribution in [2.45, 2.75) is 6.42 Å². The first-order chi connectivity index (χ1) is 12.5. The van der Waals surface area contributed by atoms with Crippen molar-refractivity contribution in [3.05, 3.63) is 83.9 Å². The minimum Gasteiger partial charge on any atom is -0.545 e. The van der Waals surface area contributed by atoms with Gasteiger partial charge in [-0.2, -0.15) is 0 Å². The predicted molar refractivity (Wildman–Crippen MR) is 93.7 cm³/mol. The van der Waals surface area contributed by atoms with Gasteiger partial charge in [-0.05, 0) is 34.9 Å². The van der Waals surface area contributed by atoms with Crippen molar-refractivity contribution < 1.29 is 54.1 Å². The number of carbonyl (C=O) groups excluding carboxylic acids is 2. The van der Waals surface area contributed by atoms with Crippen molar-refractivity contribution in [1.82, 2.24) is 0 Å². The fraction of sp³-hybridized carbons (Fsp3) is 0.0476. The van der Waals surface area contributed by atoms with Crippen molar-refractivity contribution in [3.63, 3.8) is 0 Å². The van der Waals surface area contributed by atoms with Gasteiger partial charge in [0.05, 0.1) is 12.4 Å². The van der Waals surface area contributed by atoms with E-state index in [2.05, 4.69) is 0 Å². The van der Waals surface area contributed by atoms with E-state index in [0.29, 0.717) is 0 Å². The van der Waals surface area contributed by atoms with Crippen LogP contribution in [0, 0.1) is 0 Å². The average molecular weight is 370 g/mol. The SMILES string of the molecule is O=C(Cc1cccc(-c2ccccc2)c1)Oc1ccc(O)cc1C(=O)[O-].[Na+]. The quantitative estimate of drug-likeness (QED) is 0.374. The predicted octanol–water partition coefficient (Wildman–Crippen LogP) is -0.425. The summed E-state index contributed by atoms with van der Waals surface area (Å²) in [4.78, 5) is 23.3. The van der Waals surface area contributed by atoms with Crippen molar-refractivity contribution in [1.29, 1.82) is 0 Å². The summed E-state index contributed by atoms with van der Waals surface area (Å²) in [5.74, 6) is -2.55. The van der Waals surface area contributed by atoms with Crippen LogP contribution < -0.4 is 39.4 Å². The Morgan fingerprint density at radius 1 is 0.889 bits per heavy atom. The van der Waals surface area contributed by atoms with Crippen LogP contribution in [0.5, 0.6) is 11.5 Å². The van der Waals surface area contributed by atoms with E-state index >= 15 is 0 Å². The third kappa shape index (κ3) is 5.44. The molecule has 6 heteroatoms. The van der Waals surface area contributed by atoms with E-state index in [-0.39, 0.29) is 53.0 Å². The fourth-order valence-corrected chi connectivity index (χ4v) is 2.58. The molecule has 0 aliphatic rings. The first-order valence-corrected chi connectivity index (χ1v) is 7.92. The normalized spacial score (nSPS) is 9.93. The summed E-state index contributed by atoms with van der Waals surface area (Å²) in [6.45, 7) is 0. The number of rotatable bonds is 5. The van der Waals surface area contributed by atoms with Gasteiger partial charge >= 0.3 is 35.5 Å². The van der Waals surface area contributed by atoms with Gasteiger partial charge in [0.15, 0.2) is 0 Å². The molecule has 3 aromatic carbocycles. The number of carboxylic acid groups (broad SMARTS) is 1. The van der Waals surface area contributed by atoms with Gasteiger partial charge in [0, 0.05) is 5.56 Å². The van der Waals surface area contributed by atoms with Gasteiger partial charge in [0.1, 0.15) is 11.5 Å². The van der Waals surface area contributed by atoms with Gasteiger partial charge in [-0.15, -0.1) is 0 Å². The van der Waals surface area contributed by atoms with E-state index in [4.69, 9.17) is 4.74 Å². The summed E-state index contributed by atoms with van der Waals surface area (Å²) in [6, 6.07) is 20.6. The molecule has 0 aliphatic heterocycles. The first-order valence-electron chi connectivity index (χ1n) is 7.92. The maximum Gasteiger partial charge on any atom is 1.00 e. The molecule has 0 aromatic heterocycles. The van der Waals surface area contributed by atoms with Crippen molar-refractivity contribution >= 4 is 11.9 Å². The van der Waals surface area contributed by atoms with Crippen LogP contribution in [0.4, 0.5) is 0 Å². The minimum absolute atomic E-state index is 0.